The maximum Gasteiger partial charge on any atom is 0.308 e. The highest BCUT2D eigenvalue weighted by atomic mass is 32.3. The van der Waals surface area contributed by atoms with E-state index in [0.717, 1.165) is 19.3 Å². The molecule has 0 unspecified atom stereocenters. The molecule has 1 aromatic carbocycles. The van der Waals surface area contributed by atoms with E-state index >= 15 is 0 Å². The minimum absolute atomic E-state index is 0.0900. The third kappa shape index (κ3) is 4.78. The summed E-state index contributed by atoms with van der Waals surface area (Å²) in [6.45, 7) is 1.24. The zero-order chi connectivity index (χ0) is 17.1. The van der Waals surface area contributed by atoms with Gasteiger partial charge in [-0.3, -0.25) is 4.79 Å². The minimum Gasteiger partial charge on any atom is -0.427 e. The van der Waals surface area contributed by atoms with Crippen LogP contribution in [0.3, 0.4) is 0 Å². The van der Waals surface area contributed by atoms with Crippen LogP contribution < -0.4 is 4.74 Å². The molecule has 0 bridgehead atoms. The fourth-order valence-electron chi connectivity index (χ4n) is 2.69. The molecular weight excluding hydrogens is 340 g/mol. The summed E-state index contributed by atoms with van der Waals surface area (Å²) in [5, 5.41) is -1.44. The Labute approximate surface area is 136 Å². The first-order chi connectivity index (χ1) is 10.7. The summed E-state index contributed by atoms with van der Waals surface area (Å²) in [5.74, 6) is -0.299. The second-order valence-corrected chi connectivity index (χ2v) is 10.4. The molecule has 0 aromatic heterocycles. The lowest BCUT2D eigenvalue weighted by atomic mass is 10.0. The molecule has 0 aliphatic heterocycles. The topological polar surface area (TPSA) is 94.6 Å². The Kier molecular flexibility index (Phi) is 5.46. The summed E-state index contributed by atoms with van der Waals surface area (Å²) < 4.78 is 54.2. The van der Waals surface area contributed by atoms with Crippen LogP contribution in [0.1, 0.15) is 39.0 Å². The lowest BCUT2D eigenvalue weighted by Crippen LogP contribution is -2.29. The highest BCUT2D eigenvalue weighted by Crippen LogP contribution is 2.26. The summed E-state index contributed by atoms with van der Waals surface area (Å²) >= 11 is 0. The van der Waals surface area contributed by atoms with Gasteiger partial charge >= 0.3 is 5.97 Å². The summed E-state index contributed by atoms with van der Waals surface area (Å²) in [6.07, 6.45) is 3.70. The highest BCUT2D eigenvalue weighted by Gasteiger charge is 2.32. The Morgan fingerprint density at radius 3 is 2.13 bits per heavy atom. The van der Waals surface area contributed by atoms with Gasteiger partial charge in [-0.2, -0.15) is 0 Å². The molecule has 1 aromatic rings. The second-order valence-electron chi connectivity index (χ2n) is 5.72. The average molecular weight is 360 g/mol. The van der Waals surface area contributed by atoms with E-state index in [1.165, 1.54) is 31.2 Å². The van der Waals surface area contributed by atoms with Crippen molar-refractivity contribution in [2.24, 2.45) is 0 Å². The molecule has 128 valence electrons. The molecule has 0 N–H and O–H groups in total. The molecule has 0 radical (unpaired) electrons. The van der Waals surface area contributed by atoms with Crippen molar-refractivity contribution in [3.63, 3.8) is 0 Å². The van der Waals surface area contributed by atoms with E-state index < -0.39 is 36.0 Å². The molecule has 1 fully saturated rings. The molecule has 23 heavy (non-hydrogen) atoms. The Balaban J connectivity index is 2.16. The van der Waals surface area contributed by atoms with Crippen molar-refractivity contribution in [2.45, 2.75) is 49.2 Å². The molecule has 0 saturated heterocycles. The van der Waals surface area contributed by atoms with E-state index in [4.69, 9.17) is 4.74 Å². The normalized spacial score (nSPS) is 16.9. The van der Waals surface area contributed by atoms with E-state index in [1.807, 2.05) is 0 Å². The highest BCUT2D eigenvalue weighted by molar-refractivity contribution is 8.08. The average Bonchev–Trinajstić information content (AvgIpc) is 2.47. The summed E-state index contributed by atoms with van der Waals surface area (Å²) in [4.78, 5) is 10.7. The Morgan fingerprint density at radius 1 is 1.04 bits per heavy atom. The van der Waals surface area contributed by atoms with Gasteiger partial charge in [0.05, 0.1) is 10.1 Å². The van der Waals surface area contributed by atoms with E-state index in [1.54, 1.807) is 0 Å². The van der Waals surface area contributed by atoms with Gasteiger partial charge in [-0.05, 0) is 37.1 Å². The van der Waals surface area contributed by atoms with Gasteiger partial charge in [-0.25, -0.2) is 16.8 Å². The van der Waals surface area contributed by atoms with Crippen LogP contribution in [0.25, 0.3) is 0 Å². The standard InChI is InChI=1S/C15H20O6S2/c1-12(16)21-13-7-9-15(10-8-13)23(19,20)11-22(17,18)14-5-3-2-4-6-14/h7-10,14H,2-6,11H2,1H3. The maximum atomic E-state index is 12.3. The van der Waals surface area contributed by atoms with Crippen molar-refractivity contribution in [3.05, 3.63) is 24.3 Å². The zero-order valence-corrected chi connectivity index (χ0v) is 14.5. The molecule has 0 atom stereocenters. The van der Waals surface area contributed by atoms with Crippen molar-refractivity contribution in [2.75, 3.05) is 5.08 Å². The van der Waals surface area contributed by atoms with Crippen LogP contribution in [0.2, 0.25) is 0 Å². The van der Waals surface area contributed by atoms with E-state index in [9.17, 15) is 21.6 Å². The predicted octanol–water partition coefficient (Wildman–Crippen LogP) is 2.09. The fourth-order valence-corrected chi connectivity index (χ4v) is 7.33. The molecule has 1 aliphatic rings. The molecule has 2 rings (SSSR count). The second kappa shape index (κ2) is 7.00. The molecule has 0 amide bonds. The lowest BCUT2D eigenvalue weighted by molar-refractivity contribution is -0.131. The van der Waals surface area contributed by atoms with E-state index in [-0.39, 0.29) is 10.6 Å². The molecule has 0 spiro atoms. The Morgan fingerprint density at radius 2 is 1.61 bits per heavy atom. The van der Waals surface area contributed by atoms with Crippen LogP contribution in [-0.2, 0) is 24.5 Å². The Hall–Kier alpha value is -1.41. The SMILES string of the molecule is CC(=O)Oc1ccc(S(=O)(=O)CS(=O)(=O)C2CCCCC2)cc1. The van der Waals surface area contributed by atoms with Gasteiger partial charge < -0.3 is 4.74 Å². The number of ether oxygens (including phenoxy) is 1. The first-order valence-corrected chi connectivity index (χ1v) is 10.8. The van der Waals surface area contributed by atoms with Gasteiger partial charge in [0, 0.05) is 6.92 Å². The number of sulfone groups is 2. The quantitative estimate of drug-likeness (QED) is 0.589. The maximum absolute atomic E-state index is 12.3. The third-order valence-electron chi connectivity index (χ3n) is 3.82. The van der Waals surface area contributed by atoms with Crippen LogP contribution in [-0.4, -0.2) is 33.1 Å². The Bertz CT molecular complexity index is 757. The van der Waals surface area contributed by atoms with Crippen molar-refractivity contribution in [1.82, 2.24) is 0 Å². The number of rotatable bonds is 5. The van der Waals surface area contributed by atoms with Gasteiger partial charge in [0.1, 0.15) is 5.75 Å². The van der Waals surface area contributed by atoms with Crippen LogP contribution in [0.15, 0.2) is 29.2 Å². The van der Waals surface area contributed by atoms with Crippen LogP contribution in [0, 0.1) is 0 Å². The number of carbonyl (C=O) groups excluding carboxylic acids is 1. The summed E-state index contributed by atoms with van der Waals surface area (Å²) in [6, 6.07) is 5.18. The molecule has 1 aliphatic carbocycles. The fraction of sp³-hybridized carbons (Fsp3) is 0.533. The smallest absolute Gasteiger partial charge is 0.308 e. The molecule has 0 heterocycles. The van der Waals surface area contributed by atoms with Gasteiger partial charge in [0.2, 0.25) is 0 Å². The first kappa shape index (κ1) is 17.9. The number of carbonyl (C=O) groups is 1. The van der Waals surface area contributed by atoms with Crippen molar-refractivity contribution in [3.8, 4) is 5.75 Å². The van der Waals surface area contributed by atoms with Gasteiger partial charge in [0.15, 0.2) is 24.8 Å². The molecule has 8 heteroatoms. The number of esters is 1. The van der Waals surface area contributed by atoms with E-state index in [2.05, 4.69) is 0 Å². The summed E-state index contributed by atoms with van der Waals surface area (Å²) in [7, 11) is -7.63. The number of hydrogen-bond donors (Lipinski definition) is 0. The van der Waals surface area contributed by atoms with Crippen LogP contribution >= 0.6 is 0 Å². The van der Waals surface area contributed by atoms with Crippen molar-refractivity contribution >= 4 is 25.6 Å². The predicted molar refractivity (Wildman–Crippen MR) is 85.6 cm³/mol. The molecule has 1 saturated carbocycles. The summed E-state index contributed by atoms with van der Waals surface area (Å²) in [5.41, 5.74) is 0. The zero-order valence-electron chi connectivity index (χ0n) is 12.9. The van der Waals surface area contributed by atoms with Crippen molar-refractivity contribution in [1.29, 1.82) is 0 Å². The minimum atomic E-state index is -3.94. The van der Waals surface area contributed by atoms with E-state index in [0.29, 0.717) is 12.8 Å². The van der Waals surface area contributed by atoms with Crippen LogP contribution in [0.5, 0.6) is 5.75 Å². The lowest BCUT2D eigenvalue weighted by Gasteiger charge is -2.21. The largest absolute Gasteiger partial charge is 0.427 e. The number of hydrogen-bond acceptors (Lipinski definition) is 6. The third-order valence-corrected chi connectivity index (χ3v) is 8.86. The first-order valence-electron chi connectivity index (χ1n) is 7.43. The van der Waals surface area contributed by atoms with Crippen LogP contribution in [0.4, 0.5) is 0 Å². The van der Waals surface area contributed by atoms with Gasteiger partial charge in [0.25, 0.3) is 0 Å². The monoisotopic (exact) mass is 360 g/mol. The van der Waals surface area contributed by atoms with Gasteiger partial charge in [-0.1, -0.05) is 19.3 Å². The van der Waals surface area contributed by atoms with Gasteiger partial charge in [-0.15, -0.1) is 0 Å². The molecular formula is C15H20O6S2. The van der Waals surface area contributed by atoms with Crippen molar-refractivity contribution < 1.29 is 26.4 Å². The molecule has 6 nitrogen and oxygen atoms in total. The number of benzene rings is 1.